The molecular formula is C13H21NO2. The normalized spacial score (nSPS) is 10.1. The maximum Gasteiger partial charge on any atom is 0.305 e. The highest BCUT2D eigenvalue weighted by Crippen LogP contribution is 2.03. The third kappa shape index (κ3) is 6.06. The van der Waals surface area contributed by atoms with Crippen molar-refractivity contribution in [2.24, 2.45) is 0 Å². The second-order valence-corrected chi connectivity index (χ2v) is 3.24. The zero-order chi connectivity index (χ0) is 12.4. The molecule has 0 fully saturated rings. The van der Waals surface area contributed by atoms with Crippen molar-refractivity contribution < 1.29 is 9.53 Å². The monoisotopic (exact) mass is 223 g/mol. The van der Waals surface area contributed by atoms with Crippen LogP contribution in [-0.4, -0.2) is 30.6 Å². The molecule has 0 aromatic rings. The van der Waals surface area contributed by atoms with E-state index in [1.165, 1.54) is 0 Å². The van der Waals surface area contributed by atoms with Gasteiger partial charge in [0.2, 0.25) is 0 Å². The van der Waals surface area contributed by atoms with Gasteiger partial charge in [-0.3, -0.25) is 4.79 Å². The van der Waals surface area contributed by atoms with Gasteiger partial charge in [-0.2, -0.15) is 0 Å². The molecule has 0 aromatic heterocycles. The molecule has 0 aromatic carbocycles. The number of nitrogens with zero attached hydrogens (tertiary/aromatic N) is 1. The van der Waals surface area contributed by atoms with E-state index in [9.17, 15) is 4.79 Å². The highest BCUT2D eigenvalue weighted by Gasteiger charge is 2.04. The predicted molar refractivity (Wildman–Crippen MR) is 67.0 cm³/mol. The van der Waals surface area contributed by atoms with E-state index in [0.717, 1.165) is 12.2 Å². The Labute approximate surface area is 98.1 Å². The van der Waals surface area contributed by atoms with Gasteiger partial charge in [0.1, 0.15) is 6.61 Å². The van der Waals surface area contributed by atoms with E-state index in [4.69, 9.17) is 4.74 Å². The maximum absolute atomic E-state index is 10.9. The van der Waals surface area contributed by atoms with E-state index < -0.39 is 0 Å². The van der Waals surface area contributed by atoms with E-state index in [1.54, 1.807) is 13.0 Å². The number of likely N-dealkylation sites (N-methyl/N-ethyl adjacent to an activating group) is 1. The summed E-state index contributed by atoms with van der Waals surface area (Å²) in [5, 5.41) is 0. The van der Waals surface area contributed by atoms with Crippen LogP contribution >= 0.6 is 0 Å². The first-order valence-electron chi connectivity index (χ1n) is 5.54. The number of rotatable bonds is 8. The third-order valence-corrected chi connectivity index (χ3v) is 2.13. The molecule has 0 radical (unpaired) electrons. The van der Waals surface area contributed by atoms with Crippen molar-refractivity contribution in [3.63, 3.8) is 0 Å². The summed E-state index contributed by atoms with van der Waals surface area (Å²) in [5.74, 6) is -0.164. The quantitative estimate of drug-likeness (QED) is 0.468. The summed E-state index contributed by atoms with van der Waals surface area (Å²) in [4.78, 5) is 13.0. The van der Waals surface area contributed by atoms with Crippen LogP contribution in [0.3, 0.4) is 0 Å². The summed E-state index contributed by atoms with van der Waals surface area (Å²) >= 11 is 0. The lowest BCUT2D eigenvalue weighted by molar-refractivity contribution is -0.143. The van der Waals surface area contributed by atoms with E-state index in [-0.39, 0.29) is 5.97 Å². The van der Waals surface area contributed by atoms with Crippen LogP contribution in [0.25, 0.3) is 0 Å². The van der Waals surface area contributed by atoms with Crippen molar-refractivity contribution in [3.8, 4) is 0 Å². The number of hydrogen-bond donors (Lipinski definition) is 0. The van der Waals surface area contributed by atoms with Gasteiger partial charge in [-0.15, -0.1) is 0 Å². The minimum atomic E-state index is -0.164. The fourth-order valence-electron chi connectivity index (χ4n) is 1.16. The third-order valence-electron chi connectivity index (χ3n) is 2.13. The molecule has 0 spiro atoms. The summed E-state index contributed by atoms with van der Waals surface area (Å²) in [6.07, 6.45) is 5.85. The van der Waals surface area contributed by atoms with Crippen LogP contribution in [-0.2, 0) is 9.53 Å². The van der Waals surface area contributed by atoms with E-state index in [1.807, 2.05) is 24.0 Å². The van der Waals surface area contributed by atoms with Crippen LogP contribution in [0.15, 0.2) is 37.1 Å². The molecular weight excluding hydrogens is 202 g/mol. The van der Waals surface area contributed by atoms with Crippen molar-refractivity contribution in [3.05, 3.63) is 37.1 Å². The fourth-order valence-corrected chi connectivity index (χ4v) is 1.16. The number of ether oxygens (including phenoxy) is 1. The molecule has 0 amide bonds. The first-order chi connectivity index (χ1) is 7.65. The molecule has 0 saturated carbocycles. The highest BCUT2D eigenvalue weighted by molar-refractivity contribution is 5.68. The Morgan fingerprint density at radius 2 is 2.12 bits per heavy atom. The minimum Gasteiger partial charge on any atom is -0.464 e. The van der Waals surface area contributed by atoms with E-state index >= 15 is 0 Å². The molecule has 0 unspecified atom stereocenters. The van der Waals surface area contributed by atoms with Gasteiger partial charge in [-0.1, -0.05) is 32.2 Å². The summed E-state index contributed by atoms with van der Waals surface area (Å²) in [7, 11) is 0. The average Bonchev–Trinajstić information content (AvgIpc) is 2.31. The Morgan fingerprint density at radius 1 is 1.44 bits per heavy atom. The standard InChI is InChI=1S/C13H21NO2/c1-5-8-9-12(4)14(7-3)10-11-16-13(15)6-2/h5,8-9H,1,4,6-7,10-11H2,2-3H3/b9-8-. The number of allylic oxidation sites excluding steroid dienone is 3. The molecule has 0 aliphatic rings. The lowest BCUT2D eigenvalue weighted by atomic mass is 10.3. The number of esters is 1. The largest absolute Gasteiger partial charge is 0.464 e. The molecule has 0 rings (SSSR count). The van der Waals surface area contributed by atoms with Crippen LogP contribution in [0.5, 0.6) is 0 Å². The van der Waals surface area contributed by atoms with Crippen LogP contribution < -0.4 is 0 Å². The Kier molecular flexibility index (Phi) is 7.94. The zero-order valence-corrected chi connectivity index (χ0v) is 10.2. The number of carbonyl (C=O) groups excluding carboxylic acids is 1. The maximum atomic E-state index is 10.9. The number of carbonyl (C=O) groups is 1. The van der Waals surface area contributed by atoms with E-state index in [2.05, 4.69) is 13.2 Å². The van der Waals surface area contributed by atoms with E-state index in [0.29, 0.717) is 19.6 Å². The Balaban J connectivity index is 4.00. The highest BCUT2D eigenvalue weighted by atomic mass is 16.5. The van der Waals surface area contributed by atoms with Gasteiger partial charge < -0.3 is 9.64 Å². The Bertz CT molecular complexity index is 269. The van der Waals surface area contributed by atoms with Crippen molar-refractivity contribution in [2.75, 3.05) is 19.7 Å². The average molecular weight is 223 g/mol. The second kappa shape index (κ2) is 8.77. The number of hydrogen-bond acceptors (Lipinski definition) is 3. The molecule has 0 aliphatic carbocycles. The second-order valence-electron chi connectivity index (χ2n) is 3.24. The summed E-state index contributed by atoms with van der Waals surface area (Å²) < 4.78 is 5.01. The van der Waals surface area contributed by atoms with Crippen LogP contribution in [0.4, 0.5) is 0 Å². The van der Waals surface area contributed by atoms with Gasteiger partial charge >= 0.3 is 5.97 Å². The first kappa shape index (κ1) is 14.5. The molecule has 0 aliphatic heterocycles. The molecule has 0 bridgehead atoms. The topological polar surface area (TPSA) is 29.5 Å². The molecule has 0 N–H and O–H groups in total. The lowest BCUT2D eigenvalue weighted by Gasteiger charge is -2.22. The fraction of sp³-hybridized carbons (Fsp3) is 0.462. The van der Waals surface area contributed by atoms with Crippen molar-refractivity contribution in [1.82, 2.24) is 4.90 Å². The van der Waals surface area contributed by atoms with Crippen LogP contribution in [0, 0.1) is 0 Å². The van der Waals surface area contributed by atoms with Gasteiger partial charge in [0, 0.05) is 18.7 Å². The molecule has 90 valence electrons. The van der Waals surface area contributed by atoms with Crippen molar-refractivity contribution in [1.29, 1.82) is 0 Å². The van der Waals surface area contributed by atoms with Crippen molar-refractivity contribution in [2.45, 2.75) is 20.3 Å². The SMILES string of the molecule is C=C/C=C\C(=C)N(CC)CCOC(=O)CC. The molecule has 3 nitrogen and oxygen atoms in total. The molecule has 16 heavy (non-hydrogen) atoms. The minimum absolute atomic E-state index is 0.164. The summed E-state index contributed by atoms with van der Waals surface area (Å²) in [5.41, 5.74) is 0.898. The zero-order valence-electron chi connectivity index (χ0n) is 10.2. The van der Waals surface area contributed by atoms with Gasteiger partial charge in [0.25, 0.3) is 0 Å². The lowest BCUT2D eigenvalue weighted by Crippen LogP contribution is -2.26. The van der Waals surface area contributed by atoms with Gasteiger partial charge in [0.05, 0.1) is 6.54 Å². The molecule has 0 atom stereocenters. The smallest absolute Gasteiger partial charge is 0.305 e. The Morgan fingerprint density at radius 3 is 2.62 bits per heavy atom. The van der Waals surface area contributed by atoms with Crippen LogP contribution in [0.1, 0.15) is 20.3 Å². The Hall–Kier alpha value is -1.51. The van der Waals surface area contributed by atoms with Gasteiger partial charge in [-0.25, -0.2) is 0 Å². The summed E-state index contributed by atoms with van der Waals surface area (Å²) in [6.45, 7) is 13.3. The van der Waals surface area contributed by atoms with Crippen molar-refractivity contribution >= 4 is 5.97 Å². The predicted octanol–water partition coefficient (Wildman–Crippen LogP) is 2.52. The van der Waals surface area contributed by atoms with Gasteiger partial charge in [0.15, 0.2) is 0 Å². The van der Waals surface area contributed by atoms with Crippen LogP contribution in [0.2, 0.25) is 0 Å². The summed E-state index contributed by atoms with van der Waals surface area (Å²) in [6, 6.07) is 0. The molecule has 0 saturated heterocycles. The molecule has 3 heteroatoms. The first-order valence-corrected chi connectivity index (χ1v) is 5.54. The van der Waals surface area contributed by atoms with Gasteiger partial charge in [-0.05, 0) is 13.0 Å². The molecule has 0 heterocycles.